The molecule has 1 fully saturated rings. The normalized spacial score (nSPS) is 19.0. The van der Waals surface area contributed by atoms with Crippen molar-refractivity contribution in [3.05, 3.63) is 71.5 Å². The van der Waals surface area contributed by atoms with Gasteiger partial charge in [0.1, 0.15) is 0 Å². The van der Waals surface area contributed by atoms with Crippen molar-refractivity contribution in [2.45, 2.75) is 11.8 Å². The summed E-state index contributed by atoms with van der Waals surface area (Å²) in [4.78, 5) is 16.4. The van der Waals surface area contributed by atoms with E-state index in [4.69, 9.17) is 21.5 Å². The lowest BCUT2D eigenvalue weighted by atomic mass is 10.3. The topological polar surface area (TPSA) is 87.2 Å². The molecule has 7 nitrogen and oxygen atoms in total. The fraction of sp³-hybridized carbons (Fsp3) is 0.100. The number of anilines is 2. The third-order valence-electron chi connectivity index (χ3n) is 4.52. The first-order valence-electron chi connectivity index (χ1n) is 8.90. The second kappa shape index (κ2) is 7.88. The number of ether oxygens (including phenoxy) is 1. The lowest BCUT2D eigenvalue weighted by Crippen LogP contribution is -2.27. The molecule has 2 aliphatic rings. The Morgan fingerprint density at radius 2 is 1.83 bits per heavy atom. The highest BCUT2D eigenvalue weighted by molar-refractivity contribution is 8.27. The molecule has 1 N–H and O–H groups in total. The number of benzene rings is 2. The van der Waals surface area contributed by atoms with Gasteiger partial charge >= 0.3 is 0 Å². The molecule has 2 aliphatic heterocycles. The van der Waals surface area contributed by atoms with Gasteiger partial charge in [0.05, 0.1) is 21.2 Å². The first-order valence-corrected chi connectivity index (χ1v) is 11.6. The summed E-state index contributed by atoms with van der Waals surface area (Å²) in [5.74, 6) is 1.05. The van der Waals surface area contributed by atoms with Crippen LogP contribution in [-0.2, 0) is 14.9 Å². The quantitative estimate of drug-likeness (QED) is 0.417. The number of hydrogen-bond acceptors (Lipinski definition) is 7. The average molecular weight is 461 g/mol. The molecule has 2 aromatic rings. The molecule has 10 heteroatoms. The monoisotopic (exact) mass is 460 g/mol. The highest BCUT2D eigenvalue weighted by Gasteiger charge is 2.33. The summed E-state index contributed by atoms with van der Waals surface area (Å²) < 4.78 is 37.7. The fourth-order valence-corrected chi connectivity index (χ4v) is 4.84. The van der Waals surface area contributed by atoms with Crippen molar-refractivity contribution in [2.24, 2.45) is 0 Å². The number of hydrogen-bond donors (Lipinski definition) is 1. The Hall–Kier alpha value is -2.66. The van der Waals surface area contributed by atoms with E-state index >= 15 is 0 Å². The number of fused-ring (bicyclic) bond motifs is 1. The number of amides is 1. The van der Waals surface area contributed by atoms with Gasteiger partial charge in [-0.15, -0.1) is 0 Å². The number of para-hydroxylation sites is 2. The van der Waals surface area contributed by atoms with Gasteiger partial charge in [-0.3, -0.25) is 14.2 Å². The third-order valence-corrected chi connectivity index (χ3v) is 6.70. The predicted octanol–water partition coefficient (Wildman–Crippen LogP) is 3.94. The number of carbonyl (C=O) groups excluding carboxylic acids is 1. The zero-order valence-electron chi connectivity index (χ0n) is 15.7. The van der Waals surface area contributed by atoms with Gasteiger partial charge in [-0.05, 0) is 49.4 Å². The van der Waals surface area contributed by atoms with Crippen molar-refractivity contribution >= 4 is 55.7 Å². The molecule has 4 rings (SSSR count). The van der Waals surface area contributed by atoms with Gasteiger partial charge in [0, 0.05) is 12.6 Å². The largest absolute Gasteiger partial charge is 0.439 e. The first-order chi connectivity index (χ1) is 14.3. The van der Waals surface area contributed by atoms with E-state index in [2.05, 4.69) is 0 Å². The Morgan fingerprint density at radius 3 is 2.50 bits per heavy atom. The number of nitrogens with zero attached hydrogens (tertiary/aromatic N) is 2. The summed E-state index contributed by atoms with van der Waals surface area (Å²) in [6, 6.07) is 13.0. The fourth-order valence-electron chi connectivity index (χ4n) is 3.12. The first kappa shape index (κ1) is 20.6. The molecule has 2 aromatic carbocycles. The Kier molecular flexibility index (Phi) is 5.41. The molecular formula is C20H16N2O5S3. The molecule has 154 valence electrons. The molecule has 30 heavy (non-hydrogen) atoms. The van der Waals surface area contributed by atoms with Crippen LogP contribution in [0, 0.1) is 0 Å². The smallest absolute Gasteiger partial charge is 0.294 e. The van der Waals surface area contributed by atoms with Gasteiger partial charge in [-0.1, -0.05) is 36.1 Å². The van der Waals surface area contributed by atoms with Gasteiger partial charge in [0.15, 0.2) is 10.1 Å². The van der Waals surface area contributed by atoms with Crippen LogP contribution >= 0.6 is 24.0 Å². The maximum atomic E-state index is 12.9. The zero-order valence-corrected chi connectivity index (χ0v) is 18.1. The minimum atomic E-state index is -4.31. The van der Waals surface area contributed by atoms with Crippen molar-refractivity contribution in [3.63, 3.8) is 0 Å². The van der Waals surface area contributed by atoms with E-state index in [1.165, 1.54) is 29.2 Å². The zero-order chi connectivity index (χ0) is 21.5. The number of allylic oxidation sites excluding steroid dienone is 2. The van der Waals surface area contributed by atoms with E-state index in [0.29, 0.717) is 27.3 Å². The van der Waals surface area contributed by atoms with E-state index in [-0.39, 0.29) is 10.8 Å². The van der Waals surface area contributed by atoms with Crippen LogP contribution in [-0.4, -0.2) is 29.7 Å². The van der Waals surface area contributed by atoms with Crippen molar-refractivity contribution in [2.75, 3.05) is 16.3 Å². The van der Waals surface area contributed by atoms with Crippen LogP contribution < -0.4 is 14.5 Å². The summed E-state index contributed by atoms with van der Waals surface area (Å²) in [6.45, 7) is 2.72. The molecule has 0 saturated carbocycles. The van der Waals surface area contributed by atoms with Gasteiger partial charge < -0.3 is 9.64 Å². The van der Waals surface area contributed by atoms with Gasteiger partial charge in [0.25, 0.3) is 16.0 Å². The summed E-state index contributed by atoms with van der Waals surface area (Å²) in [7, 11) is -4.31. The minimum absolute atomic E-state index is 0.255. The molecule has 0 aromatic heterocycles. The molecule has 0 spiro atoms. The van der Waals surface area contributed by atoms with E-state index in [9.17, 15) is 13.2 Å². The molecule has 0 atom stereocenters. The molecule has 0 aliphatic carbocycles. The summed E-state index contributed by atoms with van der Waals surface area (Å²) in [5.41, 5.74) is 1.38. The predicted molar refractivity (Wildman–Crippen MR) is 120 cm³/mol. The highest BCUT2D eigenvalue weighted by Crippen LogP contribution is 2.39. The molecule has 0 bridgehead atoms. The van der Waals surface area contributed by atoms with Crippen molar-refractivity contribution in [1.82, 2.24) is 0 Å². The third kappa shape index (κ3) is 3.74. The average Bonchev–Trinajstić information content (AvgIpc) is 3.21. The Labute approximate surface area is 183 Å². The summed E-state index contributed by atoms with van der Waals surface area (Å²) in [6.07, 6.45) is 3.40. The van der Waals surface area contributed by atoms with Crippen LogP contribution in [0.25, 0.3) is 0 Å². The number of rotatable bonds is 4. The van der Waals surface area contributed by atoms with Crippen LogP contribution in [0.4, 0.5) is 11.4 Å². The second-order valence-electron chi connectivity index (χ2n) is 6.33. The van der Waals surface area contributed by atoms with Crippen LogP contribution in [0.15, 0.2) is 76.4 Å². The number of carbonyl (C=O) groups is 1. The lowest BCUT2D eigenvalue weighted by molar-refractivity contribution is -0.113. The molecule has 2 heterocycles. The van der Waals surface area contributed by atoms with Crippen molar-refractivity contribution < 1.29 is 22.5 Å². The minimum Gasteiger partial charge on any atom is -0.439 e. The standard InChI is InChI=1S/C20H16N2O5S3/c1-2-21-15-5-3-4-6-16(15)27-18(21)12-11-17-19(23)22(20(28)29-17)13-7-9-14(10-8-13)30(24,25)26/h3-12H,2H2,1H3,(H,24,25,26). The van der Waals surface area contributed by atoms with Gasteiger partial charge in [-0.25, -0.2) is 0 Å². The molecular weight excluding hydrogens is 444 g/mol. The Balaban J connectivity index is 1.59. The van der Waals surface area contributed by atoms with E-state index in [1.54, 1.807) is 12.2 Å². The van der Waals surface area contributed by atoms with Gasteiger partial charge in [-0.2, -0.15) is 8.42 Å². The van der Waals surface area contributed by atoms with Crippen LogP contribution in [0.2, 0.25) is 0 Å². The van der Waals surface area contributed by atoms with E-state index < -0.39 is 10.1 Å². The second-order valence-corrected chi connectivity index (χ2v) is 9.42. The van der Waals surface area contributed by atoms with E-state index in [1.807, 2.05) is 36.1 Å². The molecule has 0 unspecified atom stereocenters. The lowest BCUT2D eigenvalue weighted by Gasteiger charge is -2.15. The highest BCUT2D eigenvalue weighted by atomic mass is 32.2. The molecule has 1 saturated heterocycles. The maximum absolute atomic E-state index is 12.9. The number of thioether (sulfide) groups is 1. The Bertz CT molecular complexity index is 1200. The van der Waals surface area contributed by atoms with Crippen molar-refractivity contribution in [1.29, 1.82) is 0 Å². The van der Waals surface area contributed by atoms with Gasteiger partial charge in [0.2, 0.25) is 5.88 Å². The summed E-state index contributed by atoms with van der Waals surface area (Å²) >= 11 is 6.48. The van der Waals surface area contributed by atoms with Crippen LogP contribution in [0.3, 0.4) is 0 Å². The maximum Gasteiger partial charge on any atom is 0.294 e. The molecule has 1 amide bonds. The Morgan fingerprint density at radius 1 is 1.13 bits per heavy atom. The number of thiocarbonyl (C=S) groups is 1. The van der Waals surface area contributed by atoms with Crippen molar-refractivity contribution in [3.8, 4) is 5.75 Å². The van der Waals surface area contributed by atoms with E-state index in [0.717, 1.165) is 23.2 Å². The van der Waals surface area contributed by atoms with Crippen LogP contribution in [0.1, 0.15) is 6.92 Å². The summed E-state index contributed by atoms with van der Waals surface area (Å²) in [5, 5.41) is 0. The van der Waals surface area contributed by atoms with Crippen LogP contribution in [0.5, 0.6) is 5.75 Å². The molecule has 0 radical (unpaired) electrons. The SMILES string of the molecule is CCN1C(=CC=C2SC(=S)N(c3ccc(S(=O)(=O)O)cc3)C2=O)Oc2ccccc21.